The fourth-order valence-corrected chi connectivity index (χ4v) is 4.09. The average Bonchev–Trinajstić information content (AvgIpc) is 3.63. The van der Waals surface area contributed by atoms with Crippen LogP contribution in [0.2, 0.25) is 0 Å². The summed E-state index contributed by atoms with van der Waals surface area (Å²) in [4.78, 5) is 34.4. The van der Waals surface area contributed by atoms with Crippen molar-refractivity contribution in [3.63, 3.8) is 0 Å². The first kappa shape index (κ1) is 19.7. The number of hydrogen-bond acceptors (Lipinski definition) is 4. The predicted octanol–water partition coefficient (Wildman–Crippen LogP) is 2.94. The van der Waals surface area contributed by atoms with Gasteiger partial charge in [-0.15, -0.1) is 0 Å². The minimum absolute atomic E-state index is 0.0258. The molecule has 1 aromatic heterocycles. The second-order valence-electron chi connectivity index (χ2n) is 8.35. The van der Waals surface area contributed by atoms with Crippen LogP contribution < -0.4 is 5.32 Å². The number of carbonyl (C=O) groups is 2. The van der Waals surface area contributed by atoms with Crippen LogP contribution in [-0.2, 0) is 4.79 Å². The minimum atomic E-state index is 0.0258. The Kier molecular flexibility index (Phi) is 5.38. The van der Waals surface area contributed by atoms with E-state index >= 15 is 0 Å². The molecule has 2 aromatic carbocycles. The lowest BCUT2D eigenvalue weighted by molar-refractivity contribution is -0.122. The Balaban J connectivity index is 1.34. The van der Waals surface area contributed by atoms with E-state index in [4.69, 9.17) is 4.98 Å². The van der Waals surface area contributed by atoms with E-state index in [9.17, 15) is 9.59 Å². The summed E-state index contributed by atoms with van der Waals surface area (Å²) in [6, 6.07) is 20.1. The lowest BCUT2D eigenvalue weighted by Crippen LogP contribution is -2.51. The summed E-state index contributed by atoms with van der Waals surface area (Å²) in [6.07, 6.45) is 2.19. The van der Waals surface area contributed by atoms with Gasteiger partial charge in [0, 0.05) is 43.2 Å². The van der Waals surface area contributed by atoms with Gasteiger partial charge in [-0.25, -0.2) is 4.98 Å². The molecule has 1 aliphatic carbocycles. The summed E-state index contributed by atoms with van der Waals surface area (Å²) >= 11 is 0. The number of hydrogen-bond donors (Lipinski definition) is 1. The van der Waals surface area contributed by atoms with Crippen molar-refractivity contribution in [1.29, 1.82) is 0 Å². The van der Waals surface area contributed by atoms with Gasteiger partial charge >= 0.3 is 0 Å². The van der Waals surface area contributed by atoms with Crippen LogP contribution in [0.3, 0.4) is 0 Å². The first-order valence-electron chi connectivity index (χ1n) is 10.9. The molecule has 1 N–H and O–H groups in total. The normalized spacial score (nSPS) is 17.0. The Bertz CT molecular complexity index is 1100. The second-order valence-corrected chi connectivity index (χ2v) is 8.35. The second kappa shape index (κ2) is 8.47. The Hall–Kier alpha value is -3.25. The van der Waals surface area contributed by atoms with Gasteiger partial charge in [0.2, 0.25) is 5.91 Å². The highest BCUT2D eigenvalue weighted by molar-refractivity contribution is 6.07. The molecule has 0 unspecified atom stereocenters. The number of piperazine rings is 1. The Morgan fingerprint density at radius 3 is 2.39 bits per heavy atom. The zero-order valence-corrected chi connectivity index (χ0v) is 17.5. The number of nitrogens with one attached hydrogen (secondary N) is 1. The maximum absolute atomic E-state index is 13.5. The number of pyridine rings is 1. The summed E-state index contributed by atoms with van der Waals surface area (Å²) in [5, 5.41) is 3.91. The van der Waals surface area contributed by atoms with Crippen LogP contribution >= 0.6 is 0 Å². The number of fused-ring (bicyclic) bond motifs is 1. The van der Waals surface area contributed by atoms with Gasteiger partial charge in [-0.3, -0.25) is 14.5 Å². The standard InChI is InChI=1S/C25H26N4O2/c30-24(26-19-10-11-19)17-28-12-14-29(15-13-28)25(31)21-16-23(18-6-2-1-3-7-18)27-22-9-5-4-8-20(21)22/h1-9,16,19H,10-15,17H2,(H,26,30). The molecule has 6 nitrogen and oxygen atoms in total. The fraction of sp³-hybridized carbons (Fsp3) is 0.320. The van der Waals surface area contributed by atoms with E-state index in [2.05, 4.69) is 10.2 Å². The van der Waals surface area contributed by atoms with Gasteiger partial charge in [0.25, 0.3) is 5.91 Å². The molecule has 6 heteroatoms. The molecule has 3 aromatic rings. The van der Waals surface area contributed by atoms with Gasteiger partial charge in [0.1, 0.15) is 0 Å². The molecule has 0 bridgehead atoms. The van der Waals surface area contributed by atoms with E-state index < -0.39 is 0 Å². The molecule has 1 saturated heterocycles. The molecule has 1 saturated carbocycles. The van der Waals surface area contributed by atoms with Crippen molar-refractivity contribution in [3.05, 3.63) is 66.2 Å². The van der Waals surface area contributed by atoms with E-state index in [1.165, 1.54) is 0 Å². The van der Waals surface area contributed by atoms with Crippen LogP contribution in [0, 0.1) is 0 Å². The van der Waals surface area contributed by atoms with Crippen molar-refractivity contribution < 1.29 is 9.59 Å². The lowest BCUT2D eigenvalue weighted by Gasteiger charge is -2.34. The predicted molar refractivity (Wildman–Crippen MR) is 121 cm³/mol. The summed E-state index contributed by atoms with van der Waals surface area (Å²) in [5.41, 5.74) is 3.30. The topological polar surface area (TPSA) is 65.5 Å². The van der Waals surface area contributed by atoms with E-state index in [1.54, 1.807) is 0 Å². The number of amides is 2. The Morgan fingerprint density at radius 1 is 0.935 bits per heavy atom. The van der Waals surface area contributed by atoms with Crippen molar-refractivity contribution in [2.24, 2.45) is 0 Å². The maximum Gasteiger partial charge on any atom is 0.254 e. The molecule has 0 radical (unpaired) electrons. The van der Waals surface area contributed by atoms with Crippen molar-refractivity contribution in [1.82, 2.24) is 20.1 Å². The molecule has 158 valence electrons. The molecule has 0 spiro atoms. The summed E-state index contributed by atoms with van der Waals surface area (Å²) < 4.78 is 0. The number of para-hydroxylation sites is 1. The van der Waals surface area contributed by atoms with Gasteiger partial charge in [0.15, 0.2) is 0 Å². The van der Waals surface area contributed by atoms with Crippen LogP contribution in [0.15, 0.2) is 60.7 Å². The van der Waals surface area contributed by atoms with Gasteiger partial charge in [0.05, 0.1) is 23.3 Å². The third kappa shape index (κ3) is 4.44. The molecule has 2 amide bonds. The Morgan fingerprint density at radius 2 is 1.65 bits per heavy atom. The van der Waals surface area contributed by atoms with E-state index in [0.29, 0.717) is 44.3 Å². The third-order valence-electron chi connectivity index (χ3n) is 5.99. The van der Waals surface area contributed by atoms with E-state index in [0.717, 1.165) is 35.0 Å². The van der Waals surface area contributed by atoms with Crippen LogP contribution in [0.1, 0.15) is 23.2 Å². The van der Waals surface area contributed by atoms with Crippen LogP contribution in [0.25, 0.3) is 22.2 Å². The van der Waals surface area contributed by atoms with Crippen molar-refractivity contribution in [2.75, 3.05) is 32.7 Å². The zero-order valence-electron chi connectivity index (χ0n) is 17.5. The molecule has 2 aliphatic rings. The zero-order chi connectivity index (χ0) is 21.2. The lowest BCUT2D eigenvalue weighted by atomic mass is 10.0. The highest BCUT2D eigenvalue weighted by atomic mass is 16.2. The molecule has 1 aliphatic heterocycles. The first-order chi connectivity index (χ1) is 15.2. The average molecular weight is 415 g/mol. The molecular formula is C25H26N4O2. The summed E-state index contributed by atoms with van der Waals surface area (Å²) in [6.45, 7) is 3.06. The monoisotopic (exact) mass is 414 g/mol. The number of carbonyl (C=O) groups excluding carboxylic acids is 2. The fourth-order valence-electron chi connectivity index (χ4n) is 4.09. The quantitative estimate of drug-likeness (QED) is 0.697. The van der Waals surface area contributed by atoms with E-state index in [-0.39, 0.29) is 11.8 Å². The highest BCUT2D eigenvalue weighted by Crippen LogP contribution is 2.26. The van der Waals surface area contributed by atoms with Gasteiger partial charge in [-0.1, -0.05) is 48.5 Å². The molecule has 0 atom stereocenters. The third-order valence-corrected chi connectivity index (χ3v) is 5.99. The molecule has 2 heterocycles. The smallest absolute Gasteiger partial charge is 0.254 e. The van der Waals surface area contributed by atoms with E-state index in [1.807, 2.05) is 65.6 Å². The van der Waals surface area contributed by atoms with Gasteiger partial charge in [-0.05, 0) is 25.0 Å². The number of rotatable bonds is 5. The summed E-state index contributed by atoms with van der Waals surface area (Å²) in [7, 11) is 0. The molecular weight excluding hydrogens is 388 g/mol. The van der Waals surface area contributed by atoms with Crippen molar-refractivity contribution >= 4 is 22.7 Å². The minimum Gasteiger partial charge on any atom is -0.352 e. The molecule has 31 heavy (non-hydrogen) atoms. The van der Waals surface area contributed by atoms with Crippen molar-refractivity contribution in [3.8, 4) is 11.3 Å². The number of nitrogens with zero attached hydrogens (tertiary/aromatic N) is 3. The van der Waals surface area contributed by atoms with Gasteiger partial charge < -0.3 is 10.2 Å². The molecule has 2 fully saturated rings. The van der Waals surface area contributed by atoms with Crippen LogP contribution in [0.4, 0.5) is 0 Å². The number of aromatic nitrogens is 1. The maximum atomic E-state index is 13.5. The van der Waals surface area contributed by atoms with Crippen molar-refractivity contribution in [2.45, 2.75) is 18.9 Å². The van der Waals surface area contributed by atoms with Crippen LogP contribution in [0.5, 0.6) is 0 Å². The first-order valence-corrected chi connectivity index (χ1v) is 10.9. The largest absolute Gasteiger partial charge is 0.352 e. The summed E-state index contributed by atoms with van der Waals surface area (Å²) in [5.74, 6) is 0.118. The number of benzene rings is 2. The molecule has 5 rings (SSSR count). The van der Waals surface area contributed by atoms with Gasteiger partial charge in [-0.2, -0.15) is 0 Å². The highest BCUT2D eigenvalue weighted by Gasteiger charge is 2.27. The van der Waals surface area contributed by atoms with Crippen LogP contribution in [-0.4, -0.2) is 65.4 Å². The Labute approximate surface area is 181 Å². The SMILES string of the molecule is O=C(CN1CCN(C(=O)c2cc(-c3ccccc3)nc3ccccc23)CC1)NC1CC1.